The van der Waals surface area contributed by atoms with Gasteiger partial charge in [-0.2, -0.15) is 4.98 Å². The van der Waals surface area contributed by atoms with Crippen LogP contribution in [0.5, 0.6) is 5.75 Å². The number of methoxy groups -OCH3 is 1. The van der Waals surface area contributed by atoms with Crippen LogP contribution in [-0.4, -0.2) is 71.3 Å². The number of benzene rings is 1. The van der Waals surface area contributed by atoms with Crippen LogP contribution in [0.25, 0.3) is 11.5 Å². The predicted molar refractivity (Wildman–Crippen MR) is 141 cm³/mol. The first-order valence-corrected chi connectivity index (χ1v) is 12.7. The number of fused-ring (bicyclic) bond motifs is 1. The van der Waals surface area contributed by atoms with Crippen LogP contribution in [0.2, 0.25) is 0 Å². The SMILES string of the molecule is CC[C@@H]1C(=O)N(C)c2cnc(Nc3ccc(-c4nnc(CN(C)C)o4)cc3OC)nc2N1C1CCCC1. The number of rotatable bonds is 8. The molecule has 11 nitrogen and oxygen atoms in total. The van der Waals surface area contributed by atoms with E-state index < -0.39 is 0 Å². The molecule has 2 aromatic heterocycles. The number of carbonyl (C=O) groups excluding carboxylic acids is 1. The zero-order valence-corrected chi connectivity index (χ0v) is 22.1. The van der Waals surface area contributed by atoms with Crippen molar-refractivity contribution in [3.05, 3.63) is 30.3 Å². The van der Waals surface area contributed by atoms with Crippen molar-refractivity contribution in [2.24, 2.45) is 0 Å². The topological polar surface area (TPSA) is 113 Å². The zero-order valence-electron chi connectivity index (χ0n) is 22.1. The summed E-state index contributed by atoms with van der Waals surface area (Å²) in [6.45, 7) is 2.62. The third-order valence-corrected chi connectivity index (χ3v) is 7.03. The molecule has 1 saturated carbocycles. The fraction of sp³-hybridized carbons (Fsp3) is 0.500. The van der Waals surface area contributed by atoms with E-state index in [1.165, 1.54) is 12.8 Å². The molecule has 1 aliphatic carbocycles. The Labute approximate surface area is 216 Å². The smallest absolute Gasteiger partial charge is 0.249 e. The van der Waals surface area contributed by atoms with Crippen LogP contribution < -0.4 is 19.9 Å². The maximum atomic E-state index is 13.1. The minimum absolute atomic E-state index is 0.0956. The Morgan fingerprint density at radius 1 is 1.22 bits per heavy atom. The number of nitrogens with one attached hydrogen (secondary N) is 1. The molecular weight excluding hydrogens is 472 g/mol. The highest BCUT2D eigenvalue weighted by atomic mass is 16.5. The highest BCUT2D eigenvalue weighted by Crippen LogP contribution is 2.40. The van der Waals surface area contributed by atoms with Gasteiger partial charge in [0.05, 0.1) is 25.5 Å². The first-order valence-electron chi connectivity index (χ1n) is 12.7. The van der Waals surface area contributed by atoms with Gasteiger partial charge in [-0.15, -0.1) is 10.2 Å². The van der Waals surface area contributed by atoms with Crippen LogP contribution in [0.3, 0.4) is 0 Å². The van der Waals surface area contributed by atoms with Gasteiger partial charge in [0.2, 0.25) is 23.6 Å². The summed E-state index contributed by atoms with van der Waals surface area (Å²) < 4.78 is 11.5. The predicted octanol–water partition coefficient (Wildman–Crippen LogP) is 3.84. The maximum absolute atomic E-state index is 13.1. The fourth-order valence-corrected chi connectivity index (χ4v) is 5.20. The van der Waals surface area contributed by atoms with Crippen molar-refractivity contribution < 1.29 is 13.9 Å². The molecule has 1 aromatic carbocycles. The van der Waals surface area contributed by atoms with E-state index in [4.69, 9.17) is 14.1 Å². The molecule has 5 rings (SSSR count). The van der Waals surface area contributed by atoms with Gasteiger partial charge in [0.15, 0.2) is 5.82 Å². The van der Waals surface area contributed by atoms with Crippen LogP contribution in [0, 0.1) is 0 Å². The zero-order chi connectivity index (χ0) is 26.1. The molecule has 1 atom stereocenters. The number of nitrogens with zero attached hydrogens (tertiary/aromatic N) is 7. The normalized spacial score (nSPS) is 18.0. The van der Waals surface area contributed by atoms with Crippen molar-refractivity contribution in [3.8, 4) is 17.2 Å². The summed E-state index contributed by atoms with van der Waals surface area (Å²) in [5, 5.41) is 11.6. The van der Waals surface area contributed by atoms with Gasteiger partial charge in [-0.1, -0.05) is 19.8 Å². The number of amides is 1. The summed E-state index contributed by atoms with van der Waals surface area (Å²) in [6, 6.07) is 5.71. The van der Waals surface area contributed by atoms with E-state index in [-0.39, 0.29) is 11.9 Å². The minimum atomic E-state index is -0.219. The molecule has 0 unspecified atom stereocenters. The molecule has 1 aliphatic heterocycles. The summed E-state index contributed by atoms with van der Waals surface area (Å²) in [5.41, 5.74) is 2.20. The maximum Gasteiger partial charge on any atom is 0.249 e. The average molecular weight is 507 g/mol. The Hall–Kier alpha value is -3.73. The fourth-order valence-electron chi connectivity index (χ4n) is 5.20. The number of hydrogen-bond acceptors (Lipinski definition) is 10. The average Bonchev–Trinajstić information content (AvgIpc) is 3.58. The number of carbonyl (C=O) groups is 1. The second kappa shape index (κ2) is 10.3. The van der Waals surface area contributed by atoms with Gasteiger partial charge in [-0.25, -0.2) is 4.98 Å². The molecule has 0 spiro atoms. The molecule has 0 bridgehead atoms. The highest BCUT2D eigenvalue weighted by molar-refractivity contribution is 6.04. The van der Waals surface area contributed by atoms with Crippen LogP contribution >= 0.6 is 0 Å². The first-order chi connectivity index (χ1) is 17.9. The molecule has 1 N–H and O–H groups in total. The van der Waals surface area contributed by atoms with Crippen molar-refractivity contribution in [2.45, 2.75) is 57.7 Å². The Morgan fingerprint density at radius 3 is 2.70 bits per heavy atom. The number of anilines is 4. The molecular formula is C26H34N8O3. The van der Waals surface area contributed by atoms with Gasteiger partial charge < -0.3 is 29.2 Å². The van der Waals surface area contributed by atoms with E-state index in [2.05, 4.69) is 32.3 Å². The summed E-state index contributed by atoms with van der Waals surface area (Å²) in [5.74, 6) is 2.90. The summed E-state index contributed by atoms with van der Waals surface area (Å²) in [4.78, 5) is 28.5. The van der Waals surface area contributed by atoms with Gasteiger partial charge in [0.1, 0.15) is 17.5 Å². The lowest BCUT2D eigenvalue weighted by molar-refractivity contribution is -0.120. The summed E-state index contributed by atoms with van der Waals surface area (Å²) >= 11 is 0. The molecule has 196 valence electrons. The second-order valence-corrected chi connectivity index (χ2v) is 9.85. The summed E-state index contributed by atoms with van der Waals surface area (Å²) in [6.07, 6.45) is 6.94. The lowest BCUT2D eigenvalue weighted by Crippen LogP contribution is -2.55. The molecule has 11 heteroatoms. The standard InChI is InChI=1S/C26H34N8O3/c1-6-19-25(35)33(4)20-14-27-26(29-23(20)34(19)17-9-7-8-10-17)28-18-12-11-16(13-21(18)36-5)24-31-30-22(37-24)15-32(2)3/h11-14,17,19H,6-10,15H2,1-5H3,(H,27,28,29)/t19-/m1/s1. The third-order valence-electron chi connectivity index (χ3n) is 7.03. The van der Waals surface area contributed by atoms with Crippen LogP contribution in [0.1, 0.15) is 44.9 Å². The van der Waals surface area contributed by atoms with Gasteiger partial charge in [0.25, 0.3) is 0 Å². The van der Waals surface area contributed by atoms with Crippen molar-refractivity contribution in [3.63, 3.8) is 0 Å². The number of ether oxygens (including phenoxy) is 1. The van der Waals surface area contributed by atoms with Gasteiger partial charge >= 0.3 is 0 Å². The third kappa shape index (κ3) is 4.83. The van der Waals surface area contributed by atoms with E-state index in [0.29, 0.717) is 41.8 Å². The quantitative estimate of drug-likeness (QED) is 0.483. The van der Waals surface area contributed by atoms with Crippen molar-refractivity contribution in [1.29, 1.82) is 0 Å². The molecule has 0 saturated heterocycles. The monoisotopic (exact) mass is 506 g/mol. The Bertz CT molecular complexity index is 1270. The second-order valence-electron chi connectivity index (χ2n) is 9.85. The molecule has 37 heavy (non-hydrogen) atoms. The van der Waals surface area contributed by atoms with E-state index in [1.54, 1.807) is 25.3 Å². The lowest BCUT2D eigenvalue weighted by atomic mass is 10.0. The lowest BCUT2D eigenvalue weighted by Gasteiger charge is -2.43. The first kappa shape index (κ1) is 24.9. The number of aromatic nitrogens is 4. The molecule has 0 radical (unpaired) electrons. The Morgan fingerprint density at radius 2 is 2.00 bits per heavy atom. The minimum Gasteiger partial charge on any atom is -0.495 e. The van der Waals surface area contributed by atoms with Gasteiger partial charge in [-0.05, 0) is 51.6 Å². The number of hydrogen-bond donors (Lipinski definition) is 1. The Balaban J connectivity index is 1.44. The van der Waals surface area contributed by atoms with E-state index >= 15 is 0 Å². The molecule has 2 aliphatic rings. The van der Waals surface area contributed by atoms with E-state index in [9.17, 15) is 4.79 Å². The summed E-state index contributed by atoms with van der Waals surface area (Å²) in [7, 11) is 7.30. The molecule has 1 amide bonds. The largest absolute Gasteiger partial charge is 0.495 e. The van der Waals surface area contributed by atoms with Crippen LogP contribution in [0.15, 0.2) is 28.8 Å². The molecule has 1 fully saturated rings. The molecule has 3 heterocycles. The van der Waals surface area contributed by atoms with Gasteiger partial charge in [-0.3, -0.25) is 4.79 Å². The Kier molecular flexibility index (Phi) is 6.96. The van der Waals surface area contributed by atoms with Crippen molar-refractivity contribution in [1.82, 2.24) is 25.1 Å². The highest BCUT2D eigenvalue weighted by Gasteiger charge is 2.41. The van der Waals surface area contributed by atoms with Crippen LogP contribution in [0.4, 0.5) is 23.1 Å². The molecule has 3 aromatic rings. The van der Waals surface area contributed by atoms with Crippen molar-refractivity contribution in [2.75, 3.05) is 43.4 Å². The van der Waals surface area contributed by atoms with Crippen LogP contribution in [-0.2, 0) is 11.3 Å². The van der Waals surface area contributed by atoms with Gasteiger partial charge in [0, 0.05) is 18.7 Å². The van der Waals surface area contributed by atoms with Crippen molar-refractivity contribution >= 4 is 29.0 Å². The number of likely N-dealkylation sites (N-methyl/N-ethyl adjacent to an activating group) is 1. The van der Waals surface area contributed by atoms with E-state index in [0.717, 1.165) is 36.3 Å². The van der Waals surface area contributed by atoms with E-state index in [1.807, 2.05) is 37.2 Å².